The van der Waals surface area contributed by atoms with Gasteiger partial charge in [-0.25, -0.2) is 4.39 Å². The molecular weight excluding hydrogens is 285 g/mol. The van der Waals surface area contributed by atoms with E-state index in [9.17, 15) is 4.39 Å². The Labute approximate surface area is 130 Å². The molecule has 0 amide bonds. The van der Waals surface area contributed by atoms with E-state index < -0.39 is 0 Å². The molecule has 21 heavy (non-hydrogen) atoms. The first-order valence-corrected chi connectivity index (χ1v) is 8.50. The van der Waals surface area contributed by atoms with Crippen LogP contribution in [0.4, 0.5) is 4.39 Å². The summed E-state index contributed by atoms with van der Waals surface area (Å²) in [4.78, 5) is 1.17. The van der Waals surface area contributed by atoms with Crippen LogP contribution >= 0.6 is 11.3 Å². The number of fused-ring (bicyclic) bond motifs is 1. The topological polar surface area (TPSA) is 21.3 Å². The lowest BCUT2D eigenvalue weighted by atomic mass is 10.1. The predicted octanol–water partition coefficient (Wildman–Crippen LogP) is 4.86. The largest absolute Gasteiger partial charge is 0.377 e. The SMILES string of the molecule is CCCCCCOCc1c(CNC)sc2cccc(F)c12. The maximum atomic E-state index is 14.1. The fraction of sp³-hybridized carbons (Fsp3) is 0.529. The van der Waals surface area contributed by atoms with Gasteiger partial charge in [0.1, 0.15) is 5.82 Å². The zero-order valence-electron chi connectivity index (χ0n) is 12.9. The van der Waals surface area contributed by atoms with Crippen LogP contribution in [0.25, 0.3) is 10.1 Å². The van der Waals surface area contributed by atoms with Gasteiger partial charge in [0.15, 0.2) is 0 Å². The standard InChI is InChI=1S/C17H24FNOS/c1-3-4-5-6-10-20-12-13-16(11-19-2)21-15-9-7-8-14(18)17(13)15/h7-9,19H,3-6,10-12H2,1-2H3. The van der Waals surface area contributed by atoms with Crippen molar-refractivity contribution in [1.29, 1.82) is 0 Å². The third-order valence-electron chi connectivity index (χ3n) is 3.57. The van der Waals surface area contributed by atoms with Crippen LogP contribution in [0.1, 0.15) is 43.0 Å². The van der Waals surface area contributed by atoms with Gasteiger partial charge in [-0.1, -0.05) is 32.3 Å². The van der Waals surface area contributed by atoms with Crippen molar-refractivity contribution in [2.45, 2.75) is 45.8 Å². The third-order valence-corrected chi connectivity index (χ3v) is 4.77. The van der Waals surface area contributed by atoms with Crippen molar-refractivity contribution in [1.82, 2.24) is 5.32 Å². The molecule has 0 saturated heterocycles. The summed E-state index contributed by atoms with van der Waals surface area (Å²) in [7, 11) is 1.91. The average Bonchev–Trinajstić information content (AvgIpc) is 2.82. The third kappa shape index (κ3) is 4.25. The Balaban J connectivity index is 2.07. The summed E-state index contributed by atoms with van der Waals surface area (Å²) < 4.78 is 20.9. The molecule has 1 heterocycles. The van der Waals surface area contributed by atoms with Gasteiger partial charge in [0.05, 0.1) is 6.61 Å². The molecule has 0 saturated carbocycles. The minimum Gasteiger partial charge on any atom is -0.377 e. The number of halogens is 1. The number of benzene rings is 1. The summed E-state index contributed by atoms with van der Waals surface area (Å²) in [5, 5.41) is 3.89. The Morgan fingerprint density at radius 2 is 2.10 bits per heavy atom. The summed E-state index contributed by atoms with van der Waals surface area (Å²) in [6.07, 6.45) is 4.77. The lowest BCUT2D eigenvalue weighted by Crippen LogP contribution is -2.06. The Hall–Kier alpha value is -0.970. The van der Waals surface area contributed by atoms with Crippen LogP contribution in [-0.4, -0.2) is 13.7 Å². The quantitative estimate of drug-likeness (QED) is 0.668. The zero-order valence-corrected chi connectivity index (χ0v) is 13.7. The van der Waals surface area contributed by atoms with Crippen LogP contribution in [0.3, 0.4) is 0 Å². The van der Waals surface area contributed by atoms with Crippen LogP contribution < -0.4 is 5.32 Å². The van der Waals surface area contributed by atoms with Gasteiger partial charge in [0.2, 0.25) is 0 Å². The van der Waals surface area contributed by atoms with Crippen molar-refractivity contribution >= 4 is 21.4 Å². The monoisotopic (exact) mass is 309 g/mol. The molecule has 0 aliphatic rings. The molecule has 0 bridgehead atoms. The Morgan fingerprint density at radius 3 is 2.86 bits per heavy atom. The molecule has 4 heteroatoms. The molecule has 1 N–H and O–H groups in total. The zero-order chi connectivity index (χ0) is 15.1. The van der Waals surface area contributed by atoms with E-state index in [1.807, 2.05) is 13.1 Å². The van der Waals surface area contributed by atoms with E-state index in [0.717, 1.165) is 35.2 Å². The molecule has 1 aromatic heterocycles. The molecular formula is C17H24FNOS. The highest BCUT2D eigenvalue weighted by Gasteiger charge is 2.15. The lowest BCUT2D eigenvalue weighted by Gasteiger charge is -2.07. The molecule has 1 aromatic carbocycles. The van der Waals surface area contributed by atoms with Crippen molar-refractivity contribution in [2.24, 2.45) is 0 Å². The van der Waals surface area contributed by atoms with Gasteiger partial charge in [0, 0.05) is 33.7 Å². The summed E-state index contributed by atoms with van der Waals surface area (Å²) >= 11 is 1.65. The molecule has 2 aromatic rings. The van der Waals surface area contributed by atoms with Gasteiger partial charge in [-0.2, -0.15) is 0 Å². The maximum Gasteiger partial charge on any atom is 0.132 e. The highest BCUT2D eigenvalue weighted by Crippen LogP contribution is 2.33. The molecule has 0 radical (unpaired) electrons. The summed E-state index contributed by atoms with van der Waals surface area (Å²) in [5.41, 5.74) is 1.01. The van der Waals surface area contributed by atoms with Crippen molar-refractivity contribution in [2.75, 3.05) is 13.7 Å². The summed E-state index contributed by atoms with van der Waals surface area (Å²) in [6.45, 7) is 4.22. The lowest BCUT2D eigenvalue weighted by molar-refractivity contribution is 0.117. The normalized spacial score (nSPS) is 11.4. The van der Waals surface area contributed by atoms with E-state index >= 15 is 0 Å². The van der Waals surface area contributed by atoms with Gasteiger partial charge < -0.3 is 10.1 Å². The second kappa shape index (κ2) is 8.47. The minimum absolute atomic E-state index is 0.143. The van der Waals surface area contributed by atoms with Crippen molar-refractivity contribution < 1.29 is 9.13 Å². The maximum absolute atomic E-state index is 14.1. The first kappa shape index (κ1) is 16.4. The number of nitrogens with one attached hydrogen (secondary N) is 1. The summed E-state index contributed by atoms with van der Waals surface area (Å²) in [5.74, 6) is -0.143. The van der Waals surface area contributed by atoms with E-state index in [4.69, 9.17) is 4.74 Å². The number of hydrogen-bond donors (Lipinski definition) is 1. The van der Waals surface area contributed by atoms with E-state index in [0.29, 0.717) is 6.61 Å². The molecule has 0 aliphatic heterocycles. The fourth-order valence-corrected chi connectivity index (χ4v) is 3.71. The first-order chi connectivity index (χ1) is 10.3. The van der Waals surface area contributed by atoms with Crippen molar-refractivity contribution in [3.05, 3.63) is 34.5 Å². The van der Waals surface area contributed by atoms with Crippen LogP contribution in [-0.2, 0) is 17.9 Å². The van der Waals surface area contributed by atoms with Gasteiger partial charge >= 0.3 is 0 Å². The van der Waals surface area contributed by atoms with Crippen LogP contribution in [0.15, 0.2) is 18.2 Å². The van der Waals surface area contributed by atoms with Crippen LogP contribution in [0.5, 0.6) is 0 Å². The van der Waals surface area contributed by atoms with E-state index in [1.165, 1.54) is 30.2 Å². The van der Waals surface area contributed by atoms with Gasteiger partial charge in [-0.3, -0.25) is 0 Å². The summed E-state index contributed by atoms with van der Waals surface area (Å²) in [6, 6.07) is 5.28. The van der Waals surface area contributed by atoms with E-state index in [-0.39, 0.29) is 5.82 Å². The molecule has 0 spiro atoms. The van der Waals surface area contributed by atoms with Crippen LogP contribution in [0.2, 0.25) is 0 Å². The smallest absolute Gasteiger partial charge is 0.132 e. The highest BCUT2D eigenvalue weighted by atomic mass is 32.1. The van der Waals surface area contributed by atoms with E-state index in [1.54, 1.807) is 17.4 Å². The predicted molar refractivity (Wildman–Crippen MR) is 88.3 cm³/mol. The first-order valence-electron chi connectivity index (χ1n) is 7.69. The number of unbranched alkanes of at least 4 members (excludes halogenated alkanes) is 3. The van der Waals surface area contributed by atoms with Crippen LogP contribution in [0, 0.1) is 5.82 Å². The number of thiophene rings is 1. The Bertz CT molecular complexity index is 567. The van der Waals surface area contributed by atoms with Gasteiger partial charge in [-0.05, 0) is 25.6 Å². The molecule has 0 aliphatic carbocycles. The van der Waals surface area contributed by atoms with E-state index in [2.05, 4.69) is 12.2 Å². The van der Waals surface area contributed by atoms with Crippen molar-refractivity contribution in [3.8, 4) is 0 Å². The minimum atomic E-state index is -0.143. The molecule has 116 valence electrons. The van der Waals surface area contributed by atoms with Gasteiger partial charge in [-0.15, -0.1) is 11.3 Å². The molecule has 2 rings (SSSR count). The molecule has 0 atom stereocenters. The highest BCUT2D eigenvalue weighted by molar-refractivity contribution is 7.19. The molecule has 2 nitrogen and oxygen atoms in total. The number of rotatable bonds is 9. The fourth-order valence-electron chi connectivity index (χ4n) is 2.48. The number of ether oxygens (including phenoxy) is 1. The Morgan fingerprint density at radius 1 is 1.24 bits per heavy atom. The second-order valence-electron chi connectivity index (χ2n) is 5.26. The second-order valence-corrected chi connectivity index (χ2v) is 6.40. The van der Waals surface area contributed by atoms with Crippen molar-refractivity contribution in [3.63, 3.8) is 0 Å². The molecule has 0 unspecified atom stereocenters. The molecule has 0 fully saturated rings. The number of hydrogen-bond acceptors (Lipinski definition) is 3. The Kier molecular flexibility index (Phi) is 6.61. The average molecular weight is 309 g/mol. The van der Waals surface area contributed by atoms with Gasteiger partial charge in [0.25, 0.3) is 0 Å².